The summed E-state index contributed by atoms with van der Waals surface area (Å²) in [6.45, 7) is 1.75. The first kappa shape index (κ1) is 16.5. The zero-order valence-electron chi connectivity index (χ0n) is 14.0. The van der Waals surface area contributed by atoms with Crippen molar-refractivity contribution < 1.29 is 29.7 Å². The molecule has 0 radical (unpaired) electrons. The van der Waals surface area contributed by atoms with Crippen molar-refractivity contribution >= 4 is 17.3 Å². The zero-order valence-corrected chi connectivity index (χ0v) is 14.0. The molecule has 2 aliphatic carbocycles. The second-order valence-electron chi connectivity index (χ2n) is 6.89. The number of hydrogen-bond acceptors (Lipinski definition) is 6. The van der Waals surface area contributed by atoms with Crippen molar-refractivity contribution in [2.45, 2.75) is 31.8 Å². The van der Waals surface area contributed by atoms with Gasteiger partial charge in [0.05, 0.1) is 16.7 Å². The monoisotopic (exact) mass is 352 g/mol. The topological polar surface area (TPSA) is 112 Å². The van der Waals surface area contributed by atoms with Gasteiger partial charge in [0.25, 0.3) is 0 Å². The van der Waals surface area contributed by atoms with E-state index in [1.807, 2.05) is 0 Å². The number of carbonyl (C=O) groups excluding carboxylic acids is 3. The standard InChI is InChI=1S/C20H16O6/c1-2-20(26)7-9-6-12(22)16-17(14(9)13(23)8-20)18(24)10-4-3-5-11(21)15(10)19(16)25/h3-6,21-22,26H,2,7-8H2,1H3. The minimum Gasteiger partial charge on any atom is -0.507 e. The maximum absolute atomic E-state index is 13.0. The van der Waals surface area contributed by atoms with Gasteiger partial charge in [0.2, 0.25) is 5.78 Å². The van der Waals surface area contributed by atoms with E-state index in [4.69, 9.17) is 0 Å². The van der Waals surface area contributed by atoms with Crippen LogP contribution in [0.15, 0.2) is 24.3 Å². The number of benzene rings is 2. The van der Waals surface area contributed by atoms with Gasteiger partial charge >= 0.3 is 0 Å². The number of carbonyl (C=O) groups is 3. The van der Waals surface area contributed by atoms with Gasteiger partial charge in [0.15, 0.2) is 11.6 Å². The van der Waals surface area contributed by atoms with Crippen LogP contribution in [-0.4, -0.2) is 38.3 Å². The molecular formula is C20H16O6. The van der Waals surface area contributed by atoms with E-state index in [1.54, 1.807) is 6.92 Å². The third-order valence-corrected chi connectivity index (χ3v) is 5.30. The Bertz CT molecular complexity index is 1020. The predicted molar refractivity (Wildman–Crippen MR) is 91.0 cm³/mol. The van der Waals surface area contributed by atoms with Crippen LogP contribution in [-0.2, 0) is 6.42 Å². The van der Waals surface area contributed by atoms with Gasteiger partial charge in [0, 0.05) is 29.5 Å². The van der Waals surface area contributed by atoms with E-state index in [-0.39, 0.29) is 46.4 Å². The lowest BCUT2D eigenvalue weighted by atomic mass is 9.72. The second kappa shape index (κ2) is 5.25. The summed E-state index contributed by atoms with van der Waals surface area (Å²) >= 11 is 0. The molecule has 0 aromatic heterocycles. The Morgan fingerprint density at radius 2 is 1.65 bits per heavy atom. The van der Waals surface area contributed by atoms with Crippen molar-refractivity contribution in [1.82, 2.24) is 0 Å². The Morgan fingerprint density at radius 1 is 0.923 bits per heavy atom. The summed E-state index contributed by atoms with van der Waals surface area (Å²) in [5, 5.41) is 30.9. The van der Waals surface area contributed by atoms with Crippen molar-refractivity contribution in [2.75, 3.05) is 0 Å². The number of aliphatic hydroxyl groups is 1. The van der Waals surface area contributed by atoms with Crippen LogP contribution in [0.25, 0.3) is 0 Å². The minimum absolute atomic E-state index is 0.000531. The molecule has 0 heterocycles. The molecule has 1 atom stereocenters. The first-order valence-corrected chi connectivity index (χ1v) is 8.33. The molecule has 0 saturated carbocycles. The summed E-state index contributed by atoms with van der Waals surface area (Å²) in [5.41, 5.74) is -1.37. The molecule has 0 spiro atoms. The first-order chi connectivity index (χ1) is 12.3. The zero-order chi connectivity index (χ0) is 18.8. The maximum Gasteiger partial charge on any atom is 0.201 e. The Labute approximate surface area is 148 Å². The van der Waals surface area contributed by atoms with Gasteiger partial charge in [-0.3, -0.25) is 14.4 Å². The van der Waals surface area contributed by atoms with Crippen LogP contribution < -0.4 is 0 Å². The molecule has 132 valence electrons. The van der Waals surface area contributed by atoms with Crippen LogP contribution in [0.3, 0.4) is 0 Å². The first-order valence-electron chi connectivity index (χ1n) is 8.33. The summed E-state index contributed by atoms with van der Waals surface area (Å²) in [7, 11) is 0. The highest BCUT2D eigenvalue weighted by Crippen LogP contribution is 2.43. The molecule has 2 aromatic rings. The molecule has 0 amide bonds. The van der Waals surface area contributed by atoms with Crippen molar-refractivity contribution in [3.8, 4) is 11.5 Å². The number of Topliss-reactive ketones (excluding diaryl/α,β-unsaturated/α-hetero) is 1. The molecule has 3 N–H and O–H groups in total. The van der Waals surface area contributed by atoms with Crippen LogP contribution in [0.5, 0.6) is 11.5 Å². The highest BCUT2D eigenvalue weighted by molar-refractivity contribution is 6.32. The highest BCUT2D eigenvalue weighted by atomic mass is 16.3. The Morgan fingerprint density at radius 3 is 2.35 bits per heavy atom. The SMILES string of the molecule is CCC1(O)CC(=O)c2c(cc(O)c3c2C(=O)c2cccc(O)c2C3=O)C1. The molecule has 0 bridgehead atoms. The van der Waals surface area contributed by atoms with E-state index in [0.29, 0.717) is 12.0 Å². The predicted octanol–water partition coefficient (Wildman–Crippen LogP) is 2.14. The highest BCUT2D eigenvalue weighted by Gasteiger charge is 2.43. The minimum atomic E-state index is -1.23. The van der Waals surface area contributed by atoms with Gasteiger partial charge in [-0.05, 0) is 24.1 Å². The van der Waals surface area contributed by atoms with Gasteiger partial charge in [-0.15, -0.1) is 0 Å². The lowest BCUT2D eigenvalue weighted by Crippen LogP contribution is -2.39. The van der Waals surface area contributed by atoms with Gasteiger partial charge in [-0.2, -0.15) is 0 Å². The number of hydrogen-bond donors (Lipinski definition) is 3. The van der Waals surface area contributed by atoms with E-state index in [1.165, 1.54) is 24.3 Å². The van der Waals surface area contributed by atoms with E-state index in [9.17, 15) is 29.7 Å². The smallest absolute Gasteiger partial charge is 0.201 e. The molecule has 0 fully saturated rings. The maximum atomic E-state index is 13.0. The summed E-state index contributed by atoms with van der Waals surface area (Å²) in [6, 6.07) is 5.40. The molecule has 6 heteroatoms. The van der Waals surface area contributed by atoms with Gasteiger partial charge in [-0.1, -0.05) is 19.1 Å². The molecule has 0 aliphatic heterocycles. The van der Waals surface area contributed by atoms with Crippen LogP contribution in [0.1, 0.15) is 67.5 Å². The normalized spacial score (nSPS) is 21.2. The molecule has 1 unspecified atom stereocenters. The fraction of sp³-hybridized carbons (Fsp3) is 0.250. The number of aromatic hydroxyl groups is 2. The molecule has 26 heavy (non-hydrogen) atoms. The fourth-order valence-electron chi connectivity index (χ4n) is 3.92. The average molecular weight is 352 g/mol. The Hall–Kier alpha value is -2.99. The molecule has 2 aliphatic rings. The van der Waals surface area contributed by atoms with Crippen LogP contribution in [0.2, 0.25) is 0 Å². The van der Waals surface area contributed by atoms with Crippen LogP contribution in [0, 0.1) is 0 Å². The van der Waals surface area contributed by atoms with Crippen molar-refractivity contribution in [1.29, 1.82) is 0 Å². The lowest BCUT2D eigenvalue weighted by Gasteiger charge is -2.34. The average Bonchev–Trinajstić information content (AvgIpc) is 2.58. The molecule has 6 nitrogen and oxygen atoms in total. The summed E-state index contributed by atoms with van der Waals surface area (Å²) < 4.78 is 0. The molecule has 0 saturated heterocycles. The number of phenols is 2. The van der Waals surface area contributed by atoms with Gasteiger partial charge < -0.3 is 15.3 Å². The molecule has 4 rings (SSSR count). The second-order valence-corrected chi connectivity index (χ2v) is 6.89. The van der Waals surface area contributed by atoms with Crippen molar-refractivity contribution in [3.05, 3.63) is 57.6 Å². The number of ketones is 3. The Balaban J connectivity index is 2.03. The number of fused-ring (bicyclic) bond motifs is 4. The van der Waals surface area contributed by atoms with E-state index >= 15 is 0 Å². The number of rotatable bonds is 1. The Kier molecular flexibility index (Phi) is 3.33. The van der Waals surface area contributed by atoms with E-state index in [2.05, 4.69) is 0 Å². The van der Waals surface area contributed by atoms with Crippen molar-refractivity contribution in [2.24, 2.45) is 0 Å². The van der Waals surface area contributed by atoms with E-state index < -0.39 is 28.7 Å². The quantitative estimate of drug-likeness (QED) is 0.619. The van der Waals surface area contributed by atoms with Gasteiger partial charge in [-0.25, -0.2) is 0 Å². The largest absolute Gasteiger partial charge is 0.507 e. The molecule has 2 aromatic carbocycles. The molecular weight excluding hydrogens is 336 g/mol. The third-order valence-electron chi connectivity index (χ3n) is 5.30. The number of phenolic OH excluding ortho intramolecular Hbond substituents is 2. The summed E-state index contributed by atoms with van der Waals surface area (Å²) in [6.07, 6.45) is 0.307. The summed E-state index contributed by atoms with van der Waals surface area (Å²) in [5.74, 6) is -2.50. The summed E-state index contributed by atoms with van der Waals surface area (Å²) in [4.78, 5) is 38.6. The van der Waals surface area contributed by atoms with E-state index in [0.717, 1.165) is 0 Å². The van der Waals surface area contributed by atoms with Crippen LogP contribution in [0.4, 0.5) is 0 Å². The lowest BCUT2D eigenvalue weighted by molar-refractivity contribution is 0.0231. The third kappa shape index (κ3) is 2.05. The van der Waals surface area contributed by atoms with Gasteiger partial charge in [0.1, 0.15) is 11.5 Å². The van der Waals surface area contributed by atoms with Crippen LogP contribution >= 0.6 is 0 Å². The van der Waals surface area contributed by atoms with Crippen molar-refractivity contribution in [3.63, 3.8) is 0 Å². The fourth-order valence-corrected chi connectivity index (χ4v) is 3.92.